The molecule has 0 bridgehead atoms. The van der Waals surface area contributed by atoms with Gasteiger partial charge in [0.1, 0.15) is 0 Å². The van der Waals surface area contributed by atoms with Crippen molar-refractivity contribution in [3.05, 3.63) is 89.6 Å². The number of amides is 2. The second kappa shape index (κ2) is 8.86. The van der Waals surface area contributed by atoms with Crippen LogP contribution in [-0.4, -0.2) is 38.2 Å². The number of aryl methyl sites for hydroxylation is 1. The third-order valence-electron chi connectivity index (χ3n) is 6.16. The molecule has 1 saturated heterocycles. The molecule has 4 aromatic rings. The minimum absolute atomic E-state index is 0.0643. The van der Waals surface area contributed by atoms with Crippen LogP contribution in [0.25, 0.3) is 10.9 Å². The lowest BCUT2D eigenvalue weighted by Gasteiger charge is -2.24. The molecule has 0 aliphatic carbocycles. The maximum atomic E-state index is 13.2. The predicted octanol–water partition coefficient (Wildman–Crippen LogP) is 4.42. The second-order valence-electron chi connectivity index (χ2n) is 8.33. The largest absolute Gasteiger partial charge is 0.361 e. The maximum Gasteiger partial charge on any atom is 0.259 e. The number of anilines is 1. The third-order valence-corrected chi connectivity index (χ3v) is 6.16. The summed E-state index contributed by atoms with van der Waals surface area (Å²) >= 11 is 0. The van der Waals surface area contributed by atoms with E-state index in [0.29, 0.717) is 30.0 Å². The maximum absolute atomic E-state index is 13.2. The van der Waals surface area contributed by atoms with Gasteiger partial charge in [-0.1, -0.05) is 36.4 Å². The van der Waals surface area contributed by atoms with E-state index in [2.05, 4.69) is 20.3 Å². The zero-order valence-corrected chi connectivity index (χ0v) is 18.4. The molecule has 1 aliphatic rings. The van der Waals surface area contributed by atoms with Gasteiger partial charge in [0, 0.05) is 35.5 Å². The molecular formula is C26H25N5O2. The highest BCUT2D eigenvalue weighted by molar-refractivity contribution is 6.04. The number of aromatic nitrogens is 3. The van der Waals surface area contributed by atoms with Gasteiger partial charge in [-0.15, -0.1) is 0 Å². The number of carbonyl (C=O) groups is 2. The summed E-state index contributed by atoms with van der Waals surface area (Å²) in [5, 5.41) is 3.94. The molecule has 1 aliphatic heterocycles. The van der Waals surface area contributed by atoms with Crippen molar-refractivity contribution in [1.29, 1.82) is 0 Å². The molecular weight excluding hydrogens is 414 g/mol. The van der Waals surface area contributed by atoms with Crippen LogP contribution in [0.15, 0.2) is 67.0 Å². The van der Waals surface area contributed by atoms with Gasteiger partial charge >= 0.3 is 0 Å². The van der Waals surface area contributed by atoms with E-state index in [-0.39, 0.29) is 17.9 Å². The van der Waals surface area contributed by atoms with Crippen molar-refractivity contribution in [1.82, 2.24) is 19.9 Å². The Bertz CT molecular complexity index is 1310. The minimum atomic E-state index is -0.246. The Balaban J connectivity index is 1.32. The molecule has 2 aromatic heterocycles. The van der Waals surface area contributed by atoms with Crippen molar-refractivity contribution in [2.45, 2.75) is 32.2 Å². The van der Waals surface area contributed by atoms with Crippen LogP contribution < -0.4 is 5.32 Å². The van der Waals surface area contributed by atoms with Crippen LogP contribution >= 0.6 is 0 Å². The number of benzene rings is 2. The van der Waals surface area contributed by atoms with Gasteiger partial charge in [-0.05, 0) is 43.5 Å². The molecule has 1 atom stereocenters. The van der Waals surface area contributed by atoms with Crippen molar-refractivity contribution >= 4 is 28.4 Å². The Hall–Kier alpha value is -4.00. The summed E-state index contributed by atoms with van der Waals surface area (Å²) < 4.78 is 0. The van der Waals surface area contributed by atoms with Crippen LogP contribution in [0.3, 0.4) is 0 Å². The molecule has 0 spiro atoms. The van der Waals surface area contributed by atoms with Crippen molar-refractivity contribution in [3.63, 3.8) is 0 Å². The number of fused-ring (bicyclic) bond motifs is 1. The Morgan fingerprint density at radius 1 is 1.12 bits per heavy atom. The van der Waals surface area contributed by atoms with Crippen LogP contribution in [-0.2, 0) is 11.2 Å². The third kappa shape index (κ3) is 4.22. The number of nitrogens with one attached hydrogen (secondary N) is 2. The molecule has 5 rings (SSSR count). The first-order chi connectivity index (χ1) is 16.1. The fraction of sp³-hybridized carbons (Fsp3) is 0.231. The first kappa shape index (κ1) is 20.9. The van der Waals surface area contributed by atoms with E-state index in [9.17, 15) is 9.59 Å². The topological polar surface area (TPSA) is 91.0 Å². The predicted molar refractivity (Wildman–Crippen MR) is 127 cm³/mol. The second-order valence-corrected chi connectivity index (χ2v) is 8.33. The van der Waals surface area contributed by atoms with Crippen molar-refractivity contribution < 1.29 is 9.59 Å². The number of aromatic amines is 1. The first-order valence-corrected chi connectivity index (χ1v) is 11.1. The Morgan fingerprint density at radius 3 is 2.73 bits per heavy atom. The van der Waals surface area contributed by atoms with Crippen LogP contribution in [0.2, 0.25) is 0 Å². The van der Waals surface area contributed by atoms with Gasteiger partial charge in [0.15, 0.2) is 5.82 Å². The monoisotopic (exact) mass is 439 g/mol. The summed E-state index contributed by atoms with van der Waals surface area (Å²) in [4.78, 5) is 40.1. The van der Waals surface area contributed by atoms with Gasteiger partial charge in [0.25, 0.3) is 5.91 Å². The normalized spacial score (nSPS) is 15.7. The van der Waals surface area contributed by atoms with Crippen LogP contribution in [0.4, 0.5) is 5.69 Å². The van der Waals surface area contributed by atoms with Crippen molar-refractivity contribution in [2.75, 3.05) is 11.9 Å². The van der Waals surface area contributed by atoms with Gasteiger partial charge < -0.3 is 15.2 Å². The number of H-pyrrole nitrogens is 1. The quantitative estimate of drug-likeness (QED) is 0.481. The lowest BCUT2D eigenvalue weighted by molar-refractivity contribution is -0.131. The zero-order valence-electron chi connectivity index (χ0n) is 18.4. The molecule has 166 valence electrons. The van der Waals surface area contributed by atoms with E-state index in [1.807, 2.05) is 65.7 Å². The summed E-state index contributed by atoms with van der Waals surface area (Å²) in [7, 11) is 0. The molecule has 2 aromatic carbocycles. The molecule has 1 fully saturated rings. The Kier molecular flexibility index (Phi) is 5.60. The minimum Gasteiger partial charge on any atom is -0.361 e. The van der Waals surface area contributed by atoms with Crippen LogP contribution in [0.1, 0.15) is 46.3 Å². The van der Waals surface area contributed by atoms with Crippen LogP contribution in [0.5, 0.6) is 0 Å². The van der Waals surface area contributed by atoms with Crippen molar-refractivity contribution in [2.24, 2.45) is 0 Å². The zero-order chi connectivity index (χ0) is 22.8. The van der Waals surface area contributed by atoms with Gasteiger partial charge in [-0.3, -0.25) is 9.59 Å². The number of para-hydroxylation sites is 2. The fourth-order valence-corrected chi connectivity index (χ4v) is 4.46. The summed E-state index contributed by atoms with van der Waals surface area (Å²) in [6.45, 7) is 2.49. The SMILES string of the molecule is Cc1nc([C@H]2CCCN2C(=O)Cc2c[nH]c3ccccc23)ncc1C(=O)Nc1ccccc1. The van der Waals surface area contributed by atoms with E-state index in [1.165, 1.54) is 0 Å². The lowest BCUT2D eigenvalue weighted by Crippen LogP contribution is -2.33. The van der Waals surface area contributed by atoms with Crippen LogP contribution in [0, 0.1) is 6.92 Å². The average Bonchev–Trinajstić information content (AvgIpc) is 3.47. The lowest BCUT2D eigenvalue weighted by atomic mass is 10.1. The number of rotatable bonds is 5. The average molecular weight is 440 g/mol. The van der Waals surface area contributed by atoms with Gasteiger partial charge in [-0.2, -0.15) is 0 Å². The van der Waals surface area contributed by atoms with Gasteiger partial charge in [-0.25, -0.2) is 9.97 Å². The summed E-state index contributed by atoms with van der Waals surface area (Å²) in [5.41, 5.74) is 3.77. The molecule has 2 amide bonds. The van der Waals surface area contributed by atoms with Crippen molar-refractivity contribution in [3.8, 4) is 0 Å². The van der Waals surface area contributed by atoms with E-state index in [1.54, 1.807) is 13.1 Å². The fourth-order valence-electron chi connectivity index (χ4n) is 4.46. The number of nitrogens with zero attached hydrogens (tertiary/aromatic N) is 3. The summed E-state index contributed by atoms with van der Waals surface area (Å²) in [6, 6.07) is 17.1. The highest BCUT2D eigenvalue weighted by Crippen LogP contribution is 2.31. The summed E-state index contributed by atoms with van der Waals surface area (Å²) in [5.74, 6) is 0.409. The standard InChI is InChI=1S/C26H25N5O2/c1-17-21(26(33)30-19-8-3-2-4-9-19)16-28-25(29-17)23-12-7-13-31(23)24(32)14-18-15-27-22-11-6-5-10-20(18)22/h2-6,8-11,15-16,23,27H,7,12-14H2,1H3,(H,30,33)/t23-/m1/s1. The van der Waals surface area contributed by atoms with E-state index < -0.39 is 0 Å². The van der Waals surface area contributed by atoms with E-state index in [4.69, 9.17) is 0 Å². The molecule has 0 saturated carbocycles. The smallest absolute Gasteiger partial charge is 0.259 e. The molecule has 0 unspecified atom stereocenters. The molecule has 2 N–H and O–H groups in total. The van der Waals surface area contributed by atoms with Gasteiger partial charge in [0.2, 0.25) is 5.91 Å². The van der Waals surface area contributed by atoms with E-state index in [0.717, 1.165) is 35.0 Å². The highest BCUT2D eigenvalue weighted by Gasteiger charge is 2.32. The summed E-state index contributed by atoms with van der Waals surface area (Å²) in [6.07, 6.45) is 5.53. The molecule has 7 heteroatoms. The number of likely N-dealkylation sites (tertiary alicyclic amines) is 1. The number of carbonyl (C=O) groups excluding carboxylic acids is 2. The number of hydrogen-bond donors (Lipinski definition) is 2. The Labute approximate surface area is 191 Å². The Morgan fingerprint density at radius 2 is 1.91 bits per heavy atom. The number of hydrogen-bond acceptors (Lipinski definition) is 4. The molecule has 7 nitrogen and oxygen atoms in total. The molecule has 0 radical (unpaired) electrons. The van der Waals surface area contributed by atoms with E-state index >= 15 is 0 Å². The molecule has 33 heavy (non-hydrogen) atoms. The first-order valence-electron chi connectivity index (χ1n) is 11.1. The highest BCUT2D eigenvalue weighted by atomic mass is 16.2. The van der Waals surface area contributed by atoms with Gasteiger partial charge in [0.05, 0.1) is 23.7 Å². The molecule has 3 heterocycles.